The van der Waals surface area contributed by atoms with Crippen LogP contribution < -0.4 is 10.9 Å². The first-order valence-corrected chi connectivity index (χ1v) is 12.4. The highest BCUT2D eigenvalue weighted by atomic mass is 32.1. The average Bonchev–Trinajstić information content (AvgIpc) is 3.23. The van der Waals surface area contributed by atoms with Gasteiger partial charge in [-0.15, -0.1) is 11.3 Å². The van der Waals surface area contributed by atoms with Gasteiger partial charge in [0.2, 0.25) is 5.91 Å². The quantitative estimate of drug-likeness (QED) is 0.404. The van der Waals surface area contributed by atoms with E-state index in [0.717, 1.165) is 32.3 Å². The number of thiophene rings is 1. The lowest BCUT2D eigenvalue weighted by Crippen LogP contribution is -2.40. The molecule has 0 radical (unpaired) electrons. The number of pyridine rings is 1. The van der Waals surface area contributed by atoms with Crippen molar-refractivity contribution >= 4 is 23.2 Å². The summed E-state index contributed by atoms with van der Waals surface area (Å²) in [6, 6.07) is 7.34. The number of carboxylic acids is 1. The van der Waals surface area contributed by atoms with Crippen molar-refractivity contribution in [3.8, 4) is 10.4 Å². The number of rotatable bonds is 9. The molecule has 0 saturated heterocycles. The molecule has 1 aromatic carbocycles. The van der Waals surface area contributed by atoms with E-state index < -0.39 is 35.3 Å². The zero-order valence-corrected chi connectivity index (χ0v) is 21.4. The smallest absolute Gasteiger partial charge is 0.305 e. The van der Waals surface area contributed by atoms with E-state index >= 15 is 0 Å². The Bertz CT molecular complexity index is 1270. The molecule has 0 aliphatic heterocycles. The molecule has 2 N–H and O–H groups in total. The number of aryl methyl sites for hydroxylation is 3. The van der Waals surface area contributed by atoms with Crippen LogP contribution in [0.5, 0.6) is 0 Å². The third kappa shape index (κ3) is 6.25. The maximum Gasteiger partial charge on any atom is 0.305 e. The normalized spacial score (nSPS) is 13.0. The molecule has 3 rings (SSSR count). The Morgan fingerprint density at radius 3 is 2.37 bits per heavy atom. The van der Waals surface area contributed by atoms with E-state index in [-0.39, 0.29) is 17.9 Å². The summed E-state index contributed by atoms with van der Waals surface area (Å²) in [6.45, 7) is 9.34. The van der Waals surface area contributed by atoms with Crippen molar-refractivity contribution in [2.45, 2.75) is 59.5 Å². The molecule has 2 aromatic heterocycles. The van der Waals surface area contributed by atoms with Gasteiger partial charge in [0.25, 0.3) is 5.56 Å². The predicted molar refractivity (Wildman–Crippen MR) is 136 cm³/mol. The summed E-state index contributed by atoms with van der Waals surface area (Å²) in [5, 5.41) is 14.2. The molecule has 2 atom stereocenters. The Morgan fingerprint density at radius 1 is 1.11 bits per heavy atom. The fourth-order valence-electron chi connectivity index (χ4n) is 4.22. The molecule has 186 valence electrons. The van der Waals surface area contributed by atoms with Crippen molar-refractivity contribution in [2.24, 2.45) is 5.92 Å². The minimum Gasteiger partial charge on any atom is -0.481 e. The van der Waals surface area contributed by atoms with Crippen LogP contribution in [0, 0.1) is 32.5 Å². The van der Waals surface area contributed by atoms with Crippen LogP contribution in [0.3, 0.4) is 0 Å². The monoisotopic (exact) mass is 498 g/mol. The van der Waals surface area contributed by atoms with Gasteiger partial charge in [0.15, 0.2) is 0 Å². The number of benzene rings is 1. The molecule has 0 bridgehead atoms. The maximum absolute atomic E-state index is 14.3. The summed E-state index contributed by atoms with van der Waals surface area (Å²) in [7, 11) is 0. The number of aromatic nitrogens is 1. The first-order valence-electron chi connectivity index (χ1n) is 11.5. The van der Waals surface area contributed by atoms with Gasteiger partial charge in [0.05, 0.1) is 12.5 Å². The molecule has 3 aromatic rings. The Morgan fingerprint density at radius 2 is 1.77 bits per heavy atom. The molecule has 6 nitrogen and oxygen atoms in total. The molecular weight excluding hydrogens is 467 g/mol. The van der Waals surface area contributed by atoms with E-state index in [2.05, 4.69) is 5.32 Å². The van der Waals surface area contributed by atoms with Gasteiger partial charge in [0, 0.05) is 17.1 Å². The van der Waals surface area contributed by atoms with E-state index in [0.29, 0.717) is 12.0 Å². The van der Waals surface area contributed by atoms with E-state index in [1.54, 1.807) is 0 Å². The predicted octanol–water partition coefficient (Wildman–Crippen LogP) is 5.56. The van der Waals surface area contributed by atoms with E-state index in [1.807, 2.05) is 57.3 Å². The number of hydrogen-bond acceptors (Lipinski definition) is 4. The minimum absolute atomic E-state index is 0.0386. The van der Waals surface area contributed by atoms with E-state index in [1.165, 1.54) is 24.3 Å². The summed E-state index contributed by atoms with van der Waals surface area (Å²) in [6.07, 6.45) is 1.03. The van der Waals surface area contributed by atoms with Gasteiger partial charge in [-0.3, -0.25) is 14.4 Å². The third-order valence-electron chi connectivity index (χ3n) is 6.00. The highest BCUT2D eigenvalue weighted by Crippen LogP contribution is 2.35. The highest BCUT2D eigenvalue weighted by Gasteiger charge is 2.28. The molecular formula is C27H31FN2O4S. The maximum atomic E-state index is 14.3. The SMILES string of the molecule is Cc1cc(=O)n([C@H](CC(C)C)C(=O)N[C@H](CC(=O)O)c2csc(-c3c(C)cccc3C)c2)cc1F. The van der Waals surface area contributed by atoms with Crippen LogP contribution in [0.1, 0.15) is 61.0 Å². The van der Waals surface area contributed by atoms with Gasteiger partial charge in [0.1, 0.15) is 11.9 Å². The third-order valence-corrected chi connectivity index (χ3v) is 6.97. The van der Waals surface area contributed by atoms with Crippen LogP contribution in [0.15, 0.2) is 46.7 Å². The number of nitrogens with one attached hydrogen (secondary N) is 1. The Balaban J connectivity index is 1.96. The van der Waals surface area contributed by atoms with Crippen LogP contribution in [0.2, 0.25) is 0 Å². The molecule has 0 fully saturated rings. The Hall–Kier alpha value is -3.26. The molecule has 8 heteroatoms. The Labute approximate surface area is 208 Å². The molecule has 1 amide bonds. The number of carboxylic acid groups (broad SMARTS) is 1. The lowest BCUT2D eigenvalue weighted by atomic mass is 9.99. The zero-order chi connectivity index (χ0) is 25.9. The lowest BCUT2D eigenvalue weighted by molar-refractivity contribution is -0.138. The number of halogens is 1. The molecule has 35 heavy (non-hydrogen) atoms. The van der Waals surface area contributed by atoms with Crippen molar-refractivity contribution in [1.82, 2.24) is 9.88 Å². The summed E-state index contributed by atoms with van der Waals surface area (Å²) < 4.78 is 15.4. The largest absolute Gasteiger partial charge is 0.481 e. The van der Waals surface area contributed by atoms with Crippen molar-refractivity contribution in [1.29, 1.82) is 0 Å². The standard InChI is InChI=1S/C27H31FN2O4S/c1-15(2)9-22(30-13-20(28)18(5)10-24(30)31)27(34)29-21(12-25(32)33)19-11-23(35-14-19)26-16(3)7-6-8-17(26)4/h6-8,10-11,13-15,21-22H,9,12H2,1-5H3,(H,29,34)(H,32,33)/t21-,22-/m1/s1. The Kier molecular flexibility index (Phi) is 8.27. The summed E-state index contributed by atoms with van der Waals surface area (Å²) >= 11 is 1.49. The van der Waals surface area contributed by atoms with E-state index in [9.17, 15) is 23.9 Å². The van der Waals surface area contributed by atoms with Crippen molar-refractivity contribution in [3.63, 3.8) is 0 Å². The minimum atomic E-state index is -1.06. The number of hydrogen-bond donors (Lipinski definition) is 2. The molecule has 0 spiro atoms. The topological polar surface area (TPSA) is 88.4 Å². The fraction of sp³-hybridized carbons (Fsp3) is 0.370. The second-order valence-corrected chi connectivity index (χ2v) is 10.3. The number of carbonyl (C=O) groups is 2. The molecule has 0 aliphatic rings. The van der Waals surface area contributed by atoms with Gasteiger partial charge in [-0.2, -0.15) is 0 Å². The van der Waals surface area contributed by atoms with Crippen molar-refractivity contribution in [3.05, 3.63) is 80.3 Å². The average molecular weight is 499 g/mol. The van der Waals surface area contributed by atoms with Crippen LogP contribution in [-0.4, -0.2) is 21.6 Å². The van der Waals surface area contributed by atoms with E-state index in [4.69, 9.17) is 0 Å². The molecule has 0 saturated carbocycles. The van der Waals surface area contributed by atoms with Gasteiger partial charge < -0.3 is 15.0 Å². The summed E-state index contributed by atoms with van der Waals surface area (Å²) in [4.78, 5) is 38.6. The van der Waals surface area contributed by atoms with Crippen LogP contribution in [0.4, 0.5) is 4.39 Å². The number of carbonyl (C=O) groups excluding carboxylic acids is 1. The number of nitrogens with zero attached hydrogens (tertiary/aromatic N) is 1. The summed E-state index contributed by atoms with van der Waals surface area (Å²) in [5.74, 6) is -2.12. The molecule has 0 unspecified atom stereocenters. The fourth-order valence-corrected chi connectivity index (χ4v) is 5.36. The van der Waals surface area contributed by atoms with Crippen LogP contribution in [-0.2, 0) is 9.59 Å². The molecule has 0 aliphatic carbocycles. The van der Waals surface area contributed by atoms with Gasteiger partial charge >= 0.3 is 5.97 Å². The second kappa shape index (κ2) is 11.0. The van der Waals surface area contributed by atoms with Crippen molar-refractivity contribution in [2.75, 3.05) is 0 Å². The number of aliphatic carboxylic acids is 1. The summed E-state index contributed by atoms with van der Waals surface area (Å²) in [5.41, 5.74) is 3.70. The number of amides is 1. The van der Waals surface area contributed by atoms with Crippen LogP contribution >= 0.6 is 11.3 Å². The van der Waals surface area contributed by atoms with Gasteiger partial charge in [-0.25, -0.2) is 4.39 Å². The molecule has 2 heterocycles. The van der Waals surface area contributed by atoms with Gasteiger partial charge in [-0.05, 0) is 72.4 Å². The lowest BCUT2D eigenvalue weighted by Gasteiger charge is -2.24. The highest BCUT2D eigenvalue weighted by molar-refractivity contribution is 7.13. The van der Waals surface area contributed by atoms with Gasteiger partial charge in [-0.1, -0.05) is 32.0 Å². The van der Waals surface area contributed by atoms with Crippen molar-refractivity contribution < 1.29 is 19.1 Å². The first kappa shape index (κ1) is 26.3. The van der Waals surface area contributed by atoms with Crippen LogP contribution in [0.25, 0.3) is 10.4 Å². The second-order valence-electron chi connectivity index (χ2n) is 9.37. The first-order chi connectivity index (χ1) is 16.5. The zero-order valence-electron chi connectivity index (χ0n) is 20.6.